The number of ether oxygens (including phenoxy) is 3. The summed E-state index contributed by atoms with van der Waals surface area (Å²) in [6, 6.07) is 3.79. The Morgan fingerprint density at radius 3 is 2.38 bits per heavy atom. The van der Waals surface area contributed by atoms with E-state index in [2.05, 4.69) is 9.97 Å². The van der Waals surface area contributed by atoms with Crippen LogP contribution < -0.4 is 9.47 Å². The van der Waals surface area contributed by atoms with E-state index in [4.69, 9.17) is 14.2 Å². The molecule has 2 saturated carbocycles. The lowest BCUT2D eigenvalue weighted by Gasteiger charge is -2.38. The van der Waals surface area contributed by atoms with Crippen LogP contribution in [0, 0.1) is 12.7 Å². The Morgan fingerprint density at radius 1 is 1.08 bits per heavy atom. The van der Waals surface area contributed by atoms with E-state index in [1.165, 1.54) is 18.5 Å². The van der Waals surface area contributed by atoms with Gasteiger partial charge in [-0.3, -0.25) is 0 Å². The zero-order valence-electron chi connectivity index (χ0n) is 20.9. The van der Waals surface area contributed by atoms with Crippen molar-refractivity contribution >= 4 is 15.9 Å². The second kappa shape index (κ2) is 8.82. The van der Waals surface area contributed by atoms with Gasteiger partial charge in [-0.2, -0.15) is 0 Å². The minimum Gasteiger partial charge on any atom is -0.474 e. The first kappa shape index (κ1) is 24.4. The van der Waals surface area contributed by atoms with Crippen molar-refractivity contribution in [3.63, 3.8) is 0 Å². The van der Waals surface area contributed by atoms with Gasteiger partial charge in [0.2, 0.25) is 11.8 Å². The van der Waals surface area contributed by atoms with Gasteiger partial charge in [-0.15, -0.1) is 0 Å². The van der Waals surface area contributed by atoms with Crippen LogP contribution in [0.3, 0.4) is 0 Å². The number of sulfone groups is 1. The average molecular weight is 532 g/mol. The second-order valence-corrected chi connectivity index (χ2v) is 13.1. The molecule has 2 aromatic rings. The summed E-state index contributed by atoms with van der Waals surface area (Å²) in [5.41, 5.74) is 0.205. The van der Waals surface area contributed by atoms with Crippen LogP contribution in [-0.2, 0) is 14.6 Å². The lowest BCUT2D eigenvalue weighted by molar-refractivity contribution is 0.0114. The molecule has 3 heterocycles. The maximum Gasteiger partial charge on any atom is 0.410 e. The van der Waals surface area contributed by atoms with E-state index in [1.807, 2.05) is 11.8 Å². The van der Waals surface area contributed by atoms with E-state index in [0.717, 1.165) is 31.7 Å². The van der Waals surface area contributed by atoms with E-state index in [1.54, 1.807) is 6.92 Å². The number of carbonyl (C=O) groups excluding carboxylic acids is 1. The molecule has 2 bridgehead atoms. The molecule has 4 aliphatic rings. The van der Waals surface area contributed by atoms with Crippen LogP contribution in [0.15, 0.2) is 29.4 Å². The minimum atomic E-state index is -3.50. The van der Waals surface area contributed by atoms with Crippen LogP contribution in [0.1, 0.15) is 63.9 Å². The molecule has 1 amide bonds. The molecule has 2 aliphatic carbocycles. The molecular formula is C26H30FN3O6S. The molecule has 0 radical (unpaired) electrons. The third kappa shape index (κ3) is 4.73. The highest BCUT2D eigenvalue weighted by Crippen LogP contribution is 2.43. The van der Waals surface area contributed by atoms with Gasteiger partial charge in [-0.25, -0.2) is 27.6 Å². The first-order valence-corrected chi connectivity index (χ1v) is 14.4. The van der Waals surface area contributed by atoms with Crippen molar-refractivity contribution in [2.24, 2.45) is 0 Å². The van der Waals surface area contributed by atoms with Crippen molar-refractivity contribution in [1.29, 1.82) is 0 Å². The molecule has 2 aliphatic heterocycles. The summed E-state index contributed by atoms with van der Waals surface area (Å²) in [4.78, 5) is 23.0. The molecule has 37 heavy (non-hydrogen) atoms. The van der Waals surface area contributed by atoms with Crippen molar-refractivity contribution in [2.75, 3.05) is 0 Å². The van der Waals surface area contributed by atoms with Crippen LogP contribution in [0.4, 0.5) is 9.18 Å². The first-order valence-electron chi connectivity index (χ1n) is 12.8. The van der Waals surface area contributed by atoms with Gasteiger partial charge >= 0.3 is 6.09 Å². The Kier molecular flexibility index (Phi) is 5.81. The predicted octanol–water partition coefficient (Wildman–Crippen LogP) is 4.72. The molecule has 4 fully saturated rings. The monoisotopic (exact) mass is 531 g/mol. The maximum atomic E-state index is 14.8. The molecule has 9 nitrogen and oxygen atoms in total. The number of carbonyl (C=O) groups is 1. The number of rotatable bonds is 7. The molecule has 0 spiro atoms. The van der Waals surface area contributed by atoms with Gasteiger partial charge < -0.3 is 19.1 Å². The molecule has 2 saturated heterocycles. The van der Waals surface area contributed by atoms with Crippen molar-refractivity contribution in [1.82, 2.24) is 14.9 Å². The Bertz CT molecular complexity index is 1330. The van der Waals surface area contributed by atoms with Crippen LogP contribution in [0.25, 0.3) is 0 Å². The van der Waals surface area contributed by atoms with Crippen molar-refractivity contribution in [3.05, 3.63) is 35.9 Å². The Hall–Kier alpha value is -2.95. The first-order chi connectivity index (χ1) is 17.6. The fourth-order valence-electron chi connectivity index (χ4n) is 5.28. The predicted molar refractivity (Wildman–Crippen MR) is 130 cm³/mol. The number of benzene rings is 1. The van der Waals surface area contributed by atoms with Crippen LogP contribution in [0.2, 0.25) is 0 Å². The van der Waals surface area contributed by atoms with Gasteiger partial charge in [0.15, 0.2) is 21.4 Å². The number of aromatic nitrogens is 2. The quantitative estimate of drug-likeness (QED) is 0.505. The van der Waals surface area contributed by atoms with Crippen LogP contribution >= 0.6 is 0 Å². The second-order valence-electron chi connectivity index (χ2n) is 10.9. The molecule has 198 valence electrons. The van der Waals surface area contributed by atoms with Gasteiger partial charge in [-0.1, -0.05) is 0 Å². The number of fused-ring (bicyclic) bond motifs is 2. The van der Waals surface area contributed by atoms with Gasteiger partial charge in [0, 0.05) is 24.9 Å². The standard InChI is InChI=1S/C26H30FN3O6S/c1-15-23(34-18-11-16-3-4-17(12-18)30(16)25(31)36-26(2)9-10-26)28-14-29-24(15)35-22-8-7-20(13-21(22)27)37(32,33)19-5-6-19/h7-8,13-14,16-19H,3-6,9-12H2,1-2H3/t16-,17?,18+/m0/s1. The van der Waals surface area contributed by atoms with Crippen LogP contribution in [0.5, 0.6) is 17.5 Å². The summed E-state index contributed by atoms with van der Waals surface area (Å²) in [7, 11) is -3.50. The zero-order chi connectivity index (χ0) is 25.9. The number of nitrogens with zero attached hydrogens (tertiary/aromatic N) is 3. The molecule has 3 atom stereocenters. The van der Waals surface area contributed by atoms with Crippen molar-refractivity contribution in [2.45, 2.75) is 99.1 Å². The normalized spacial score (nSPS) is 26.0. The van der Waals surface area contributed by atoms with Crippen LogP contribution in [-0.4, -0.2) is 58.4 Å². The summed E-state index contributed by atoms with van der Waals surface area (Å²) >= 11 is 0. The van der Waals surface area contributed by atoms with Crippen molar-refractivity contribution < 1.29 is 31.8 Å². The molecule has 1 aromatic heterocycles. The number of hydrogen-bond acceptors (Lipinski definition) is 8. The zero-order valence-corrected chi connectivity index (χ0v) is 21.7. The number of hydrogen-bond donors (Lipinski definition) is 0. The highest BCUT2D eigenvalue weighted by Gasteiger charge is 2.49. The Labute approximate surface area is 215 Å². The number of amides is 1. The Morgan fingerprint density at radius 2 is 1.76 bits per heavy atom. The molecule has 1 unspecified atom stereocenters. The van der Waals surface area contributed by atoms with Gasteiger partial charge in [-0.05, 0) is 70.6 Å². The van der Waals surface area contributed by atoms with Gasteiger partial charge in [0.25, 0.3) is 0 Å². The molecule has 6 rings (SSSR count). The lowest BCUT2D eigenvalue weighted by atomic mass is 10.0. The lowest BCUT2D eigenvalue weighted by Crippen LogP contribution is -2.50. The number of piperidine rings is 1. The summed E-state index contributed by atoms with van der Waals surface area (Å²) in [6.45, 7) is 3.70. The summed E-state index contributed by atoms with van der Waals surface area (Å²) in [5.74, 6) is -0.442. The average Bonchev–Trinajstić information content (AvgIpc) is 3.78. The highest BCUT2D eigenvalue weighted by molar-refractivity contribution is 7.92. The third-order valence-corrected chi connectivity index (χ3v) is 10.1. The van der Waals surface area contributed by atoms with E-state index in [0.29, 0.717) is 37.1 Å². The smallest absolute Gasteiger partial charge is 0.410 e. The number of halogens is 1. The topological polar surface area (TPSA) is 108 Å². The Balaban J connectivity index is 1.13. The summed E-state index contributed by atoms with van der Waals surface area (Å²) in [6.07, 6.45) is 7.15. The van der Waals surface area contributed by atoms with E-state index in [9.17, 15) is 17.6 Å². The fraction of sp³-hybridized carbons (Fsp3) is 0.577. The largest absolute Gasteiger partial charge is 0.474 e. The summed E-state index contributed by atoms with van der Waals surface area (Å²) in [5, 5.41) is -0.420. The molecule has 11 heteroatoms. The molecular weight excluding hydrogens is 501 g/mol. The minimum absolute atomic E-state index is 0.0422. The van der Waals surface area contributed by atoms with Crippen molar-refractivity contribution in [3.8, 4) is 17.5 Å². The van der Waals surface area contributed by atoms with Gasteiger partial charge in [0.05, 0.1) is 15.7 Å². The SMILES string of the molecule is Cc1c(Oc2ccc(S(=O)(=O)C3CC3)cc2F)ncnc1O[C@H]1CC2CC[C@@H](C1)N2C(=O)OC1(C)CC1. The van der Waals surface area contributed by atoms with Gasteiger partial charge in [0.1, 0.15) is 18.0 Å². The molecule has 0 N–H and O–H groups in total. The molecule has 1 aromatic carbocycles. The van der Waals surface area contributed by atoms with E-state index >= 15 is 0 Å². The summed E-state index contributed by atoms with van der Waals surface area (Å²) < 4.78 is 57.2. The van der Waals surface area contributed by atoms with E-state index in [-0.39, 0.29) is 46.4 Å². The highest BCUT2D eigenvalue weighted by atomic mass is 32.2. The maximum absolute atomic E-state index is 14.8. The third-order valence-electron chi connectivity index (χ3n) is 7.86. The fourth-order valence-corrected chi connectivity index (χ4v) is 6.94. The van der Waals surface area contributed by atoms with E-state index < -0.39 is 20.9 Å².